The molecule has 0 bridgehead atoms. The topological polar surface area (TPSA) is 59.3 Å². The Morgan fingerprint density at radius 3 is 2.68 bits per heavy atom. The van der Waals surface area contributed by atoms with Crippen LogP contribution in [0.4, 0.5) is 0 Å². The van der Waals surface area contributed by atoms with Crippen LogP contribution in [0.1, 0.15) is 18.4 Å². The molecule has 1 atom stereocenters. The molecular weight excluding hydrogens is 244 g/mol. The number of rotatable bonds is 4. The number of aryl methyl sites for hydroxylation is 1. The Morgan fingerprint density at radius 1 is 1.32 bits per heavy atom. The molecule has 1 aromatic heterocycles. The zero-order valence-electron chi connectivity index (χ0n) is 11.8. The highest BCUT2D eigenvalue weighted by Crippen LogP contribution is 2.13. The molecule has 1 saturated heterocycles. The van der Waals surface area contributed by atoms with Crippen LogP contribution in [0.5, 0.6) is 0 Å². The molecule has 2 heterocycles. The maximum atomic E-state index is 11.9. The van der Waals surface area contributed by atoms with Crippen molar-refractivity contribution in [3.05, 3.63) is 32.6 Å². The number of hydrogen-bond acceptors (Lipinski definition) is 4. The van der Waals surface area contributed by atoms with Gasteiger partial charge in [0.05, 0.1) is 0 Å². The van der Waals surface area contributed by atoms with Gasteiger partial charge >= 0.3 is 5.69 Å². The summed E-state index contributed by atoms with van der Waals surface area (Å²) in [4.78, 5) is 25.8. The van der Waals surface area contributed by atoms with E-state index >= 15 is 0 Å². The Bertz CT molecular complexity index is 561. The second-order valence-electron chi connectivity index (χ2n) is 5.32. The van der Waals surface area contributed by atoms with Crippen LogP contribution in [0.3, 0.4) is 0 Å². The van der Waals surface area contributed by atoms with Crippen LogP contribution < -0.4 is 16.6 Å². The lowest BCUT2D eigenvalue weighted by atomic mass is 10.2. The van der Waals surface area contributed by atoms with Gasteiger partial charge in [-0.25, -0.2) is 4.79 Å². The van der Waals surface area contributed by atoms with Crippen molar-refractivity contribution in [1.29, 1.82) is 0 Å². The molecule has 0 saturated carbocycles. The maximum absolute atomic E-state index is 11.9. The molecule has 0 aliphatic carbocycles. The van der Waals surface area contributed by atoms with Gasteiger partial charge < -0.3 is 14.8 Å². The molecule has 0 spiro atoms. The zero-order chi connectivity index (χ0) is 14.0. The van der Waals surface area contributed by atoms with Gasteiger partial charge in [-0.3, -0.25) is 9.36 Å². The second-order valence-corrected chi connectivity index (χ2v) is 5.32. The fourth-order valence-corrected chi connectivity index (χ4v) is 2.61. The average molecular weight is 266 g/mol. The number of aromatic nitrogens is 2. The first-order valence-electron chi connectivity index (χ1n) is 6.67. The van der Waals surface area contributed by atoms with Gasteiger partial charge in [0.25, 0.3) is 5.56 Å². The summed E-state index contributed by atoms with van der Waals surface area (Å²) in [5, 5.41) is 3.32. The Morgan fingerprint density at radius 2 is 2.05 bits per heavy atom. The van der Waals surface area contributed by atoms with Gasteiger partial charge in [0.2, 0.25) is 0 Å². The average Bonchev–Trinajstić information content (AvgIpc) is 2.79. The van der Waals surface area contributed by atoms with Crippen LogP contribution in [0.25, 0.3) is 0 Å². The van der Waals surface area contributed by atoms with Crippen LogP contribution in [0.2, 0.25) is 0 Å². The minimum Gasteiger partial charge on any atom is -0.311 e. The summed E-state index contributed by atoms with van der Waals surface area (Å²) in [6, 6.07) is 0.552. The van der Waals surface area contributed by atoms with E-state index in [4.69, 9.17) is 0 Å². The number of nitrogens with zero attached hydrogens (tertiary/aromatic N) is 3. The van der Waals surface area contributed by atoms with Gasteiger partial charge in [0.15, 0.2) is 0 Å². The zero-order valence-corrected chi connectivity index (χ0v) is 11.8. The van der Waals surface area contributed by atoms with Crippen LogP contribution in [-0.2, 0) is 20.6 Å². The van der Waals surface area contributed by atoms with Crippen LogP contribution in [0, 0.1) is 0 Å². The molecule has 6 nitrogen and oxygen atoms in total. The number of likely N-dealkylation sites (tertiary alicyclic amines) is 1. The fourth-order valence-electron chi connectivity index (χ4n) is 2.61. The van der Waals surface area contributed by atoms with Gasteiger partial charge in [-0.05, 0) is 26.4 Å². The highest BCUT2D eigenvalue weighted by molar-refractivity contribution is 5.05. The Hall–Kier alpha value is -1.40. The van der Waals surface area contributed by atoms with E-state index in [1.807, 2.05) is 0 Å². The minimum atomic E-state index is -0.288. The van der Waals surface area contributed by atoms with E-state index in [0.29, 0.717) is 18.2 Å². The highest BCUT2D eigenvalue weighted by Gasteiger charge is 2.20. The molecular formula is C13H22N4O2. The standard InChI is InChI=1S/C13H22N4O2/c1-15-6-4-5-11(15)8-14-7-10-9-16(2)13(19)17(3)12(10)18/h9,11,14H,4-8H2,1-3H3. The smallest absolute Gasteiger partial charge is 0.311 e. The third kappa shape index (κ3) is 2.96. The molecule has 0 aromatic carbocycles. The number of likely N-dealkylation sites (N-methyl/N-ethyl adjacent to an activating group) is 1. The van der Waals surface area contributed by atoms with E-state index in [1.165, 1.54) is 24.5 Å². The van der Waals surface area contributed by atoms with Crippen molar-refractivity contribution < 1.29 is 0 Å². The Kier molecular flexibility index (Phi) is 4.21. The minimum absolute atomic E-state index is 0.213. The van der Waals surface area contributed by atoms with Crippen molar-refractivity contribution in [3.8, 4) is 0 Å². The normalized spacial score (nSPS) is 20.1. The molecule has 19 heavy (non-hydrogen) atoms. The van der Waals surface area contributed by atoms with Crippen molar-refractivity contribution in [1.82, 2.24) is 19.4 Å². The molecule has 1 aliphatic rings. The SMILES string of the molecule is CN1CCCC1CNCc1cn(C)c(=O)n(C)c1=O. The summed E-state index contributed by atoms with van der Waals surface area (Å²) in [5.41, 5.74) is 0.130. The lowest BCUT2D eigenvalue weighted by molar-refractivity contribution is 0.300. The summed E-state index contributed by atoms with van der Waals surface area (Å²) in [6.45, 7) is 2.53. The Labute approximate surface area is 112 Å². The second kappa shape index (κ2) is 5.71. The molecule has 1 unspecified atom stereocenters. The quantitative estimate of drug-likeness (QED) is 0.780. The highest BCUT2D eigenvalue weighted by atomic mass is 16.2. The van der Waals surface area contributed by atoms with Gasteiger partial charge in [-0.1, -0.05) is 0 Å². The first kappa shape index (κ1) is 14.0. The molecule has 2 rings (SSSR count). The van der Waals surface area contributed by atoms with Crippen molar-refractivity contribution >= 4 is 0 Å². The van der Waals surface area contributed by atoms with Crippen molar-refractivity contribution in [2.75, 3.05) is 20.1 Å². The molecule has 1 N–H and O–H groups in total. The van der Waals surface area contributed by atoms with E-state index in [0.717, 1.165) is 17.7 Å². The summed E-state index contributed by atoms with van der Waals surface area (Å²) in [5.74, 6) is 0. The first-order chi connectivity index (χ1) is 9.00. The third-order valence-corrected chi connectivity index (χ3v) is 3.88. The monoisotopic (exact) mass is 266 g/mol. The molecule has 0 radical (unpaired) electrons. The van der Waals surface area contributed by atoms with Crippen LogP contribution >= 0.6 is 0 Å². The summed E-state index contributed by atoms with van der Waals surface area (Å²) >= 11 is 0. The fraction of sp³-hybridized carbons (Fsp3) is 0.692. The summed E-state index contributed by atoms with van der Waals surface area (Å²) < 4.78 is 2.60. The predicted molar refractivity (Wildman–Crippen MR) is 74.3 cm³/mol. The maximum Gasteiger partial charge on any atom is 0.330 e. The largest absolute Gasteiger partial charge is 0.330 e. The van der Waals surface area contributed by atoms with E-state index < -0.39 is 0 Å². The molecule has 6 heteroatoms. The van der Waals surface area contributed by atoms with E-state index in [9.17, 15) is 9.59 Å². The molecule has 106 valence electrons. The summed E-state index contributed by atoms with van der Waals surface area (Å²) in [6.07, 6.45) is 4.06. The van der Waals surface area contributed by atoms with Crippen molar-refractivity contribution in [2.45, 2.75) is 25.4 Å². The lowest BCUT2D eigenvalue weighted by Gasteiger charge is -2.19. The van der Waals surface area contributed by atoms with Gasteiger partial charge in [-0.15, -0.1) is 0 Å². The molecule has 1 aromatic rings. The first-order valence-corrected chi connectivity index (χ1v) is 6.67. The number of hydrogen-bond donors (Lipinski definition) is 1. The van der Waals surface area contributed by atoms with E-state index in [-0.39, 0.29) is 11.2 Å². The van der Waals surface area contributed by atoms with Crippen molar-refractivity contribution in [2.24, 2.45) is 14.1 Å². The van der Waals surface area contributed by atoms with Crippen molar-refractivity contribution in [3.63, 3.8) is 0 Å². The van der Waals surface area contributed by atoms with E-state index in [1.54, 1.807) is 13.2 Å². The third-order valence-electron chi connectivity index (χ3n) is 3.88. The van der Waals surface area contributed by atoms with Gasteiger partial charge in [-0.2, -0.15) is 0 Å². The van der Waals surface area contributed by atoms with Gasteiger partial charge in [0, 0.05) is 45.0 Å². The Balaban J connectivity index is 2.00. The number of nitrogens with one attached hydrogen (secondary N) is 1. The molecule has 1 aliphatic heterocycles. The predicted octanol–water partition coefficient (Wildman–Crippen LogP) is -0.732. The van der Waals surface area contributed by atoms with Crippen LogP contribution in [0.15, 0.2) is 15.8 Å². The van der Waals surface area contributed by atoms with E-state index in [2.05, 4.69) is 17.3 Å². The lowest BCUT2D eigenvalue weighted by Crippen LogP contribution is -2.41. The molecule has 1 fully saturated rings. The molecule has 0 amide bonds. The van der Waals surface area contributed by atoms with Crippen LogP contribution in [-0.4, -0.2) is 40.2 Å². The summed E-state index contributed by atoms with van der Waals surface area (Å²) in [7, 11) is 5.31. The van der Waals surface area contributed by atoms with Gasteiger partial charge in [0.1, 0.15) is 0 Å².